The van der Waals surface area contributed by atoms with Gasteiger partial charge in [0.15, 0.2) is 0 Å². The third kappa shape index (κ3) is 3.65. The zero-order valence-corrected chi connectivity index (χ0v) is 14.6. The van der Waals surface area contributed by atoms with E-state index in [9.17, 15) is 14.3 Å². The van der Waals surface area contributed by atoms with Crippen molar-refractivity contribution in [3.8, 4) is 22.4 Å². The van der Waals surface area contributed by atoms with Crippen molar-refractivity contribution in [2.24, 2.45) is 0 Å². The molecule has 1 aromatic carbocycles. The number of halogens is 2. The fourth-order valence-electron chi connectivity index (χ4n) is 2.38. The first-order valence-corrected chi connectivity index (χ1v) is 8.80. The van der Waals surface area contributed by atoms with Gasteiger partial charge in [-0.05, 0) is 54.3 Å². The van der Waals surface area contributed by atoms with Crippen LogP contribution in [0.15, 0.2) is 53.7 Å². The van der Waals surface area contributed by atoms with Crippen molar-refractivity contribution in [2.45, 2.75) is 5.03 Å². The summed E-state index contributed by atoms with van der Waals surface area (Å²) >= 11 is 7.51. The highest BCUT2D eigenvalue weighted by molar-refractivity contribution is 7.98. The molecule has 7 heteroatoms. The SMILES string of the molecule is CSc1cc(-c2cc(C(=O)O)c(Cl)nc2-c2ccc(F)cc2)ccn1. The second-order valence-electron chi connectivity index (χ2n) is 5.12. The number of nitrogens with zero attached hydrogens (tertiary/aromatic N) is 2. The first kappa shape index (κ1) is 17.4. The van der Waals surface area contributed by atoms with E-state index < -0.39 is 5.97 Å². The number of carboxylic acid groups (broad SMARTS) is 1. The van der Waals surface area contributed by atoms with Gasteiger partial charge in [-0.15, -0.1) is 11.8 Å². The van der Waals surface area contributed by atoms with Crippen molar-refractivity contribution in [1.82, 2.24) is 9.97 Å². The molecule has 2 heterocycles. The number of hydrogen-bond donors (Lipinski definition) is 1. The van der Waals surface area contributed by atoms with Crippen LogP contribution in [0, 0.1) is 5.82 Å². The molecule has 25 heavy (non-hydrogen) atoms. The summed E-state index contributed by atoms with van der Waals surface area (Å²) in [5.41, 5.74) is 2.37. The van der Waals surface area contributed by atoms with Crippen LogP contribution >= 0.6 is 23.4 Å². The third-order valence-electron chi connectivity index (χ3n) is 3.58. The Bertz CT molecular complexity index is 948. The van der Waals surface area contributed by atoms with E-state index in [2.05, 4.69) is 9.97 Å². The quantitative estimate of drug-likeness (QED) is 0.513. The van der Waals surface area contributed by atoms with Crippen molar-refractivity contribution in [3.63, 3.8) is 0 Å². The van der Waals surface area contributed by atoms with Gasteiger partial charge >= 0.3 is 5.97 Å². The fourth-order valence-corrected chi connectivity index (χ4v) is 3.01. The molecule has 0 atom stereocenters. The molecule has 0 saturated carbocycles. The second-order valence-corrected chi connectivity index (χ2v) is 6.31. The van der Waals surface area contributed by atoms with Crippen LogP contribution in [0.3, 0.4) is 0 Å². The third-order valence-corrected chi connectivity index (χ3v) is 4.51. The molecule has 0 amide bonds. The molecule has 0 saturated heterocycles. The molecule has 0 aliphatic carbocycles. The lowest BCUT2D eigenvalue weighted by molar-refractivity contribution is 0.0696. The summed E-state index contributed by atoms with van der Waals surface area (Å²) in [7, 11) is 0. The highest BCUT2D eigenvalue weighted by Crippen LogP contribution is 2.34. The van der Waals surface area contributed by atoms with Gasteiger partial charge in [0, 0.05) is 17.3 Å². The van der Waals surface area contributed by atoms with Gasteiger partial charge < -0.3 is 5.11 Å². The van der Waals surface area contributed by atoms with E-state index in [1.807, 2.05) is 12.3 Å². The average molecular weight is 375 g/mol. The number of benzene rings is 1. The Hall–Kier alpha value is -2.44. The molecular weight excluding hydrogens is 363 g/mol. The minimum absolute atomic E-state index is 0.0926. The van der Waals surface area contributed by atoms with Crippen LogP contribution < -0.4 is 0 Å². The Balaban J connectivity index is 2.27. The van der Waals surface area contributed by atoms with Crippen molar-refractivity contribution < 1.29 is 14.3 Å². The van der Waals surface area contributed by atoms with Gasteiger partial charge in [0.1, 0.15) is 11.0 Å². The minimum atomic E-state index is -1.16. The van der Waals surface area contributed by atoms with E-state index in [1.165, 1.54) is 30.0 Å². The van der Waals surface area contributed by atoms with Gasteiger partial charge in [0.25, 0.3) is 0 Å². The predicted molar refractivity (Wildman–Crippen MR) is 96.6 cm³/mol. The maximum absolute atomic E-state index is 13.2. The van der Waals surface area contributed by atoms with Gasteiger partial charge in [-0.3, -0.25) is 0 Å². The lowest BCUT2D eigenvalue weighted by Gasteiger charge is -2.12. The number of thioether (sulfide) groups is 1. The molecular formula is C18H12ClFN2O2S. The van der Waals surface area contributed by atoms with Crippen LogP contribution in [0.4, 0.5) is 4.39 Å². The molecule has 3 rings (SSSR count). The van der Waals surface area contributed by atoms with E-state index in [-0.39, 0.29) is 16.5 Å². The Labute approximate surface area is 152 Å². The van der Waals surface area contributed by atoms with Crippen LogP contribution in [0.5, 0.6) is 0 Å². The monoisotopic (exact) mass is 374 g/mol. The van der Waals surface area contributed by atoms with E-state index in [1.54, 1.807) is 24.4 Å². The van der Waals surface area contributed by atoms with Gasteiger partial charge in [0.2, 0.25) is 0 Å². The molecule has 3 aromatic rings. The van der Waals surface area contributed by atoms with E-state index in [4.69, 9.17) is 11.6 Å². The summed E-state index contributed by atoms with van der Waals surface area (Å²) in [6, 6.07) is 10.9. The van der Waals surface area contributed by atoms with Crippen molar-refractivity contribution in [1.29, 1.82) is 0 Å². The first-order chi connectivity index (χ1) is 12.0. The van der Waals surface area contributed by atoms with Gasteiger partial charge in [-0.2, -0.15) is 0 Å². The standard InChI is InChI=1S/C18H12ClFN2O2S/c1-25-15-8-11(6-7-21-15)13-9-14(18(23)24)17(19)22-16(13)10-2-4-12(20)5-3-10/h2-9H,1H3,(H,23,24). The zero-order chi connectivity index (χ0) is 18.0. The van der Waals surface area contributed by atoms with Gasteiger partial charge in [-0.25, -0.2) is 19.2 Å². The second kappa shape index (κ2) is 7.21. The normalized spacial score (nSPS) is 10.7. The van der Waals surface area contributed by atoms with E-state index in [0.717, 1.165) is 10.6 Å². The Morgan fingerprint density at radius 1 is 1.16 bits per heavy atom. The molecule has 0 aliphatic rings. The number of carbonyl (C=O) groups is 1. The summed E-state index contributed by atoms with van der Waals surface area (Å²) in [4.78, 5) is 19.9. The summed E-state index contributed by atoms with van der Waals surface area (Å²) in [5, 5.41) is 10.0. The average Bonchev–Trinajstić information content (AvgIpc) is 2.62. The topological polar surface area (TPSA) is 63.1 Å². The predicted octanol–water partition coefficient (Wildman–Crippen LogP) is 5.02. The lowest BCUT2D eigenvalue weighted by Crippen LogP contribution is -2.02. The maximum Gasteiger partial charge on any atom is 0.338 e. The molecule has 0 unspecified atom stereocenters. The summed E-state index contributed by atoms with van der Waals surface area (Å²) < 4.78 is 13.2. The Morgan fingerprint density at radius 3 is 2.52 bits per heavy atom. The molecule has 0 spiro atoms. The minimum Gasteiger partial charge on any atom is -0.478 e. The number of aromatic nitrogens is 2. The fraction of sp³-hybridized carbons (Fsp3) is 0.0556. The van der Waals surface area contributed by atoms with Crippen LogP contribution in [-0.2, 0) is 0 Å². The molecule has 0 bridgehead atoms. The molecule has 0 aliphatic heterocycles. The summed E-state index contributed by atoms with van der Waals surface area (Å²) in [5.74, 6) is -1.53. The summed E-state index contributed by atoms with van der Waals surface area (Å²) in [6.07, 6.45) is 3.54. The Morgan fingerprint density at radius 2 is 1.88 bits per heavy atom. The van der Waals surface area contributed by atoms with Crippen LogP contribution in [-0.4, -0.2) is 27.3 Å². The maximum atomic E-state index is 13.2. The van der Waals surface area contributed by atoms with Crippen molar-refractivity contribution in [3.05, 3.63) is 65.2 Å². The number of hydrogen-bond acceptors (Lipinski definition) is 4. The molecule has 4 nitrogen and oxygen atoms in total. The van der Waals surface area contributed by atoms with Crippen molar-refractivity contribution >= 4 is 29.3 Å². The molecule has 0 fully saturated rings. The number of carboxylic acids is 1. The molecule has 1 N–H and O–H groups in total. The van der Waals surface area contributed by atoms with E-state index in [0.29, 0.717) is 16.8 Å². The molecule has 2 aromatic heterocycles. The van der Waals surface area contributed by atoms with Gasteiger partial charge in [0.05, 0.1) is 16.3 Å². The first-order valence-electron chi connectivity index (χ1n) is 7.20. The van der Waals surface area contributed by atoms with Crippen LogP contribution in [0.1, 0.15) is 10.4 Å². The molecule has 126 valence electrons. The number of pyridine rings is 2. The highest BCUT2D eigenvalue weighted by Gasteiger charge is 2.18. The largest absolute Gasteiger partial charge is 0.478 e. The van der Waals surface area contributed by atoms with Crippen LogP contribution in [0.25, 0.3) is 22.4 Å². The van der Waals surface area contributed by atoms with E-state index >= 15 is 0 Å². The summed E-state index contributed by atoms with van der Waals surface area (Å²) in [6.45, 7) is 0. The number of rotatable bonds is 4. The molecule has 0 radical (unpaired) electrons. The Kier molecular flexibility index (Phi) is 5.01. The highest BCUT2D eigenvalue weighted by atomic mass is 35.5. The zero-order valence-electron chi connectivity index (χ0n) is 13.0. The number of aromatic carboxylic acids is 1. The lowest BCUT2D eigenvalue weighted by atomic mass is 9.98. The van der Waals surface area contributed by atoms with Crippen LogP contribution in [0.2, 0.25) is 5.15 Å². The van der Waals surface area contributed by atoms with Gasteiger partial charge in [-0.1, -0.05) is 11.6 Å². The van der Waals surface area contributed by atoms with Crippen molar-refractivity contribution in [2.75, 3.05) is 6.26 Å². The smallest absolute Gasteiger partial charge is 0.338 e.